The van der Waals surface area contributed by atoms with Gasteiger partial charge in [0, 0.05) is 24.7 Å². The number of nitrogens with one attached hydrogen (secondary N) is 1. The molecule has 146 valence electrons. The summed E-state index contributed by atoms with van der Waals surface area (Å²) in [6.45, 7) is 2.86. The van der Waals surface area contributed by atoms with E-state index in [-0.39, 0.29) is 11.7 Å². The topological polar surface area (TPSA) is 32.3 Å². The zero-order valence-corrected chi connectivity index (χ0v) is 16.3. The maximum Gasteiger partial charge on any atom is 0.251 e. The average molecular weight is 371 g/mol. The molecule has 27 heavy (non-hydrogen) atoms. The Morgan fingerprint density at radius 3 is 2.30 bits per heavy atom. The van der Waals surface area contributed by atoms with Crippen molar-refractivity contribution in [1.29, 1.82) is 0 Å². The van der Waals surface area contributed by atoms with Crippen LogP contribution in [0.4, 0.5) is 4.39 Å². The molecular formula is C23H31FN2O. The number of halogens is 1. The lowest BCUT2D eigenvalue weighted by Crippen LogP contribution is -2.56. The van der Waals surface area contributed by atoms with Gasteiger partial charge in [0.2, 0.25) is 0 Å². The highest BCUT2D eigenvalue weighted by molar-refractivity contribution is 5.94. The normalized spacial score (nSPS) is 34.1. The SMILES string of the molecule is CNC(=O)c1ccc(CN2CCC3(CC2)C2CC4CC(C2)CC3C4)c(F)c1. The van der Waals surface area contributed by atoms with E-state index in [2.05, 4.69) is 10.2 Å². The number of benzene rings is 1. The van der Waals surface area contributed by atoms with Gasteiger partial charge in [0.05, 0.1) is 0 Å². The van der Waals surface area contributed by atoms with Gasteiger partial charge in [-0.1, -0.05) is 6.07 Å². The highest BCUT2D eigenvalue weighted by Crippen LogP contribution is 2.65. The number of amides is 1. The van der Waals surface area contributed by atoms with Crippen molar-refractivity contribution in [1.82, 2.24) is 10.2 Å². The van der Waals surface area contributed by atoms with Crippen LogP contribution in [0.1, 0.15) is 60.9 Å². The summed E-state index contributed by atoms with van der Waals surface area (Å²) in [5, 5.41) is 2.55. The van der Waals surface area contributed by atoms with E-state index in [9.17, 15) is 9.18 Å². The summed E-state index contributed by atoms with van der Waals surface area (Å²) >= 11 is 0. The molecule has 1 N–H and O–H groups in total. The number of carbonyl (C=O) groups excluding carboxylic acids is 1. The second-order valence-corrected chi connectivity index (χ2v) is 9.70. The van der Waals surface area contributed by atoms with E-state index < -0.39 is 0 Å². The van der Waals surface area contributed by atoms with Crippen LogP contribution in [0.5, 0.6) is 0 Å². The fraction of sp³-hybridized carbons (Fsp3) is 0.696. The summed E-state index contributed by atoms with van der Waals surface area (Å²) in [6.07, 6.45) is 10.1. The Bertz CT molecular complexity index is 708. The first-order valence-corrected chi connectivity index (χ1v) is 10.8. The van der Waals surface area contributed by atoms with Crippen molar-refractivity contribution in [3.8, 4) is 0 Å². The Kier molecular flexibility index (Phi) is 4.30. The van der Waals surface area contributed by atoms with Gasteiger partial charge < -0.3 is 5.32 Å². The fourth-order valence-corrected chi connectivity index (χ4v) is 7.27. The molecule has 0 radical (unpaired) electrons. The van der Waals surface area contributed by atoms with Gasteiger partial charge in [0.15, 0.2) is 0 Å². The highest BCUT2D eigenvalue weighted by atomic mass is 19.1. The van der Waals surface area contributed by atoms with Crippen LogP contribution in [0, 0.1) is 34.9 Å². The van der Waals surface area contributed by atoms with Crippen molar-refractivity contribution in [2.45, 2.75) is 51.5 Å². The minimum atomic E-state index is -0.258. The summed E-state index contributed by atoms with van der Waals surface area (Å²) in [6, 6.07) is 4.89. The molecule has 0 atom stereocenters. The second-order valence-electron chi connectivity index (χ2n) is 9.70. The first-order chi connectivity index (χ1) is 13.1. The fourth-order valence-electron chi connectivity index (χ4n) is 7.27. The molecule has 3 nitrogen and oxygen atoms in total. The van der Waals surface area contributed by atoms with Gasteiger partial charge in [0.1, 0.15) is 5.82 Å². The molecule has 1 heterocycles. The number of likely N-dealkylation sites (tertiary alicyclic amines) is 1. The van der Waals surface area contributed by atoms with Crippen molar-refractivity contribution in [2.24, 2.45) is 29.1 Å². The Labute approximate surface area is 161 Å². The quantitative estimate of drug-likeness (QED) is 0.864. The first kappa shape index (κ1) is 17.7. The maximum absolute atomic E-state index is 14.5. The van der Waals surface area contributed by atoms with E-state index >= 15 is 0 Å². The second kappa shape index (κ2) is 6.58. The van der Waals surface area contributed by atoms with Crippen LogP contribution in [-0.2, 0) is 6.54 Å². The smallest absolute Gasteiger partial charge is 0.251 e. The van der Waals surface area contributed by atoms with Gasteiger partial charge in [-0.3, -0.25) is 9.69 Å². The summed E-state index contributed by atoms with van der Waals surface area (Å²) in [5.41, 5.74) is 1.71. The Morgan fingerprint density at radius 2 is 1.74 bits per heavy atom. The van der Waals surface area contributed by atoms with Gasteiger partial charge in [-0.2, -0.15) is 0 Å². The third-order valence-corrected chi connectivity index (χ3v) is 8.49. The molecule has 1 aliphatic heterocycles. The minimum Gasteiger partial charge on any atom is -0.355 e. The van der Waals surface area contributed by atoms with Crippen LogP contribution < -0.4 is 5.32 Å². The highest BCUT2D eigenvalue weighted by Gasteiger charge is 2.57. The third-order valence-electron chi connectivity index (χ3n) is 8.49. The van der Waals surface area contributed by atoms with Crippen LogP contribution in [-0.4, -0.2) is 30.9 Å². The predicted molar refractivity (Wildman–Crippen MR) is 104 cm³/mol. The molecule has 0 unspecified atom stereocenters. The van der Waals surface area contributed by atoms with E-state index in [1.807, 2.05) is 0 Å². The lowest BCUT2D eigenvalue weighted by molar-refractivity contribution is -0.136. The lowest BCUT2D eigenvalue weighted by atomic mass is 9.43. The number of nitrogens with zero attached hydrogens (tertiary/aromatic N) is 1. The summed E-state index contributed by atoms with van der Waals surface area (Å²) in [7, 11) is 1.57. The van der Waals surface area contributed by atoms with Crippen molar-refractivity contribution >= 4 is 5.91 Å². The Morgan fingerprint density at radius 1 is 1.11 bits per heavy atom. The standard InChI is InChI=1S/C23H31FN2O/c1-25-22(27)17-2-3-18(21(24)13-17)14-26-6-4-23(5-7-26)19-9-15-8-16(11-19)12-20(23)10-15/h2-3,13,15-16,19-20H,4-12,14H2,1H3,(H,25,27). The van der Waals surface area contributed by atoms with E-state index in [0.29, 0.717) is 23.1 Å². The Hall–Kier alpha value is -1.42. The van der Waals surface area contributed by atoms with Gasteiger partial charge in [-0.15, -0.1) is 0 Å². The summed E-state index contributed by atoms with van der Waals surface area (Å²) in [4.78, 5) is 14.1. The zero-order chi connectivity index (χ0) is 18.6. The van der Waals surface area contributed by atoms with Gasteiger partial charge in [-0.05, 0) is 99.3 Å². The van der Waals surface area contributed by atoms with E-state index in [1.54, 1.807) is 19.2 Å². The number of rotatable bonds is 3. The first-order valence-electron chi connectivity index (χ1n) is 10.8. The molecule has 6 rings (SSSR count). The zero-order valence-electron chi connectivity index (χ0n) is 16.3. The van der Waals surface area contributed by atoms with Crippen LogP contribution >= 0.6 is 0 Å². The maximum atomic E-state index is 14.5. The van der Waals surface area contributed by atoms with E-state index in [0.717, 1.165) is 36.8 Å². The van der Waals surface area contributed by atoms with Crippen LogP contribution in [0.15, 0.2) is 18.2 Å². The van der Waals surface area contributed by atoms with Crippen LogP contribution in [0.25, 0.3) is 0 Å². The van der Waals surface area contributed by atoms with E-state index in [1.165, 1.54) is 51.0 Å². The summed E-state index contributed by atoms with van der Waals surface area (Å²) < 4.78 is 14.5. The molecule has 1 saturated heterocycles. The molecular weight excluding hydrogens is 339 g/mol. The Balaban J connectivity index is 1.25. The molecule has 1 aromatic carbocycles. The number of hydrogen-bond acceptors (Lipinski definition) is 2. The molecule has 5 aliphatic rings. The number of carbonyl (C=O) groups is 1. The molecule has 4 heteroatoms. The number of piperidine rings is 1. The molecule has 4 aliphatic carbocycles. The third kappa shape index (κ3) is 2.91. The molecule has 5 fully saturated rings. The monoisotopic (exact) mass is 370 g/mol. The molecule has 0 aromatic heterocycles. The van der Waals surface area contributed by atoms with Crippen molar-refractivity contribution in [2.75, 3.05) is 20.1 Å². The van der Waals surface area contributed by atoms with Crippen LogP contribution in [0.3, 0.4) is 0 Å². The van der Waals surface area contributed by atoms with Crippen LogP contribution in [0.2, 0.25) is 0 Å². The lowest BCUT2D eigenvalue weighted by Gasteiger charge is -2.63. The van der Waals surface area contributed by atoms with Crippen molar-refractivity contribution in [3.05, 3.63) is 35.1 Å². The molecule has 1 amide bonds. The van der Waals surface area contributed by atoms with E-state index in [4.69, 9.17) is 0 Å². The van der Waals surface area contributed by atoms with Crippen molar-refractivity contribution < 1.29 is 9.18 Å². The number of hydrogen-bond donors (Lipinski definition) is 1. The van der Waals surface area contributed by atoms with Crippen molar-refractivity contribution in [3.63, 3.8) is 0 Å². The molecule has 4 bridgehead atoms. The summed E-state index contributed by atoms with van der Waals surface area (Å²) in [5.74, 6) is 3.51. The van der Waals surface area contributed by atoms with Gasteiger partial charge in [-0.25, -0.2) is 4.39 Å². The molecule has 4 saturated carbocycles. The van der Waals surface area contributed by atoms with Gasteiger partial charge in [0.25, 0.3) is 5.91 Å². The average Bonchev–Trinajstić information content (AvgIpc) is 2.67. The van der Waals surface area contributed by atoms with Gasteiger partial charge >= 0.3 is 0 Å². The minimum absolute atomic E-state index is 0.234. The molecule has 1 spiro atoms. The predicted octanol–water partition coefficient (Wildman–Crippen LogP) is 4.22. The largest absolute Gasteiger partial charge is 0.355 e. The molecule has 1 aromatic rings.